The quantitative estimate of drug-likeness (QED) is 0.0712. The zero-order valence-corrected chi connectivity index (χ0v) is 23.8. The van der Waals surface area contributed by atoms with Crippen molar-refractivity contribution in [3.63, 3.8) is 0 Å². The molecule has 0 N–H and O–H groups in total. The second-order valence-electron chi connectivity index (χ2n) is 9.41. The normalized spacial score (nSPS) is 11.6. The number of phosphoric acid groups is 1. The first kappa shape index (κ1) is 35.0. The van der Waals surface area contributed by atoms with E-state index < -0.39 is 7.82 Å². The van der Waals surface area contributed by atoms with Crippen LogP contribution in [0.1, 0.15) is 161 Å². The first-order chi connectivity index (χ1) is 15.1. The van der Waals surface area contributed by atoms with Crippen LogP contribution in [0, 0.1) is 0 Å². The summed E-state index contributed by atoms with van der Waals surface area (Å²) in [4.78, 5) is 20.6. The molecule has 0 aliphatic rings. The van der Waals surface area contributed by atoms with Gasteiger partial charge in [0.05, 0.1) is 14.4 Å². The molecule has 0 aliphatic carbocycles. The van der Waals surface area contributed by atoms with Crippen LogP contribution in [0.15, 0.2) is 0 Å². The summed E-state index contributed by atoms with van der Waals surface area (Å²) in [6.45, 7) is 2.33. The van der Waals surface area contributed by atoms with Gasteiger partial charge in [-0.25, -0.2) is 0 Å². The fourth-order valence-corrected chi connectivity index (χ4v) is 4.59. The van der Waals surface area contributed by atoms with Crippen LogP contribution in [-0.2, 0) is 9.09 Å². The van der Waals surface area contributed by atoms with Gasteiger partial charge in [-0.1, -0.05) is 155 Å². The molecule has 0 saturated heterocycles. The Morgan fingerprint density at radius 2 is 0.688 bits per heavy atom. The van der Waals surface area contributed by atoms with Crippen LogP contribution in [0.5, 0.6) is 0 Å². The van der Waals surface area contributed by atoms with E-state index in [1.54, 1.807) is 0 Å². The van der Waals surface area contributed by atoms with Gasteiger partial charge in [0.15, 0.2) is 0 Å². The van der Waals surface area contributed by atoms with Crippen molar-refractivity contribution in [1.82, 2.24) is 0 Å². The van der Waals surface area contributed by atoms with Crippen LogP contribution >= 0.6 is 7.82 Å². The molecular formula is C26H53MgO4P. The third kappa shape index (κ3) is 33.1. The summed E-state index contributed by atoms with van der Waals surface area (Å²) in [7, 11) is -4.76. The van der Waals surface area contributed by atoms with E-state index in [1.165, 1.54) is 135 Å². The Bertz CT molecular complexity index is 390. The van der Waals surface area contributed by atoms with Crippen LogP contribution < -0.4 is 9.79 Å². The Labute approximate surface area is 216 Å². The van der Waals surface area contributed by atoms with Crippen molar-refractivity contribution in [1.29, 1.82) is 0 Å². The molecule has 0 radical (unpaired) electrons. The van der Waals surface area contributed by atoms with Gasteiger partial charge in [-0.05, 0) is 6.42 Å². The third-order valence-corrected chi connectivity index (χ3v) is 6.75. The van der Waals surface area contributed by atoms with Crippen molar-refractivity contribution >= 4 is 30.9 Å². The smallest absolute Gasteiger partial charge is 0.790 e. The summed E-state index contributed by atoms with van der Waals surface area (Å²) in [5.41, 5.74) is 0. The second kappa shape index (κ2) is 28.1. The maximum Gasteiger partial charge on any atom is 2.00 e. The molecular weight excluding hydrogens is 432 g/mol. The van der Waals surface area contributed by atoms with Gasteiger partial charge in [0.2, 0.25) is 0 Å². The van der Waals surface area contributed by atoms with Crippen molar-refractivity contribution in [3.05, 3.63) is 0 Å². The van der Waals surface area contributed by atoms with Crippen molar-refractivity contribution in [2.24, 2.45) is 0 Å². The number of rotatable bonds is 26. The van der Waals surface area contributed by atoms with Gasteiger partial charge in [-0.15, -0.1) is 0 Å². The van der Waals surface area contributed by atoms with Crippen molar-refractivity contribution < 1.29 is 18.9 Å². The molecule has 32 heavy (non-hydrogen) atoms. The van der Waals surface area contributed by atoms with Crippen LogP contribution in [0.3, 0.4) is 0 Å². The Morgan fingerprint density at radius 3 is 0.906 bits per heavy atom. The molecule has 0 aromatic heterocycles. The molecule has 0 fully saturated rings. The molecule has 0 amide bonds. The molecule has 0 spiro atoms. The predicted molar refractivity (Wildman–Crippen MR) is 136 cm³/mol. The summed E-state index contributed by atoms with van der Waals surface area (Å²) in [5.74, 6) is 0. The molecule has 0 atom stereocenters. The number of unbranched alkanes of at least 4 members (excludes halogenated alkanes) is 23. The summed E-state index contributed by atoms with van der Waals surface area (Å²) in [6.07, 6.45) is 32.1. The average Bonchev–Trinajstić information content (AvgIpc) is 2.73. The van der Waals surface area contributed by atoms with Gasteiger partial charge >= 0.3 is 23.1 Å². The first-order valence-corrected chi connectivity index (χ1v) is 15.2. The summed E-state index contributed by atoms with van der Waals surface area (Å²) >= 11 is 0. The zero-order chi connectivity index (χ0) is 22.9. The van der Waals surface area contributed by atoms with Crippen LogP contribution in [0.4, 0.5) is 0 Å². The second-order valence-corrected chi connectivity index (χ2v) is 10.6. The van der Waals surface area contributed by atoms with E-state index in [1.807, 2.05) is 0 Å². The van der Waals surface area contributed by atoms with E-state index in [4.69, 9.17) is 0 Å². The SMILES string of the molecule is CCCCCCCCCCCCCCCCCCCCCCCCCCOP(=O)([O-])[O-].[Mg+2]. The van der Waals surface area contributed by atoms with E-state index >= 15 is 0 Å². The van der Waals surface area contributed by atoms with E-state index in [2.05, 4.69) is 11.4 Å². The van der Waals surface area contributed by atoms with E-state index in [9.17, 15) is 14.4 Å². The topological polar surface area (TPSA) is 72.4 Å². The molecule has 4 nitrogen and oxygen atoms in total. The maximum absolute atomic E-state index is 10.3. The molecule has 188 valence electrons. The number of hydrogen-bond donors (Lipinski definition) is 0. The first-order valence-electron chi connectivity index (χ1n) is 13.7. The fourth-order valence-electron chi connectivity index (χ4n) is 4.24. The van der Waals surface area contributed by atoms with Crippen LogP contribution in [0.25, 0.3) is 0 Å². The largest absolute Gasteiger partial charge is 2.00 e. The van der Waals surface area contributed by atoms with Gasteiger partial charge in [-0.2, -0.15) is 0 Å². The van der Waals surface area contributed by atoms with Gasteiger partial charge in [0.1, 0.15) is 0 Å². The number of phosphoric ester groups is 1. The summed E-state index contributed by atoms with van der Waals surface area (Å²) in [5, 5.41) is 0. The minimum atomic E-state index is -4.76. The Balaban J connectivity index is 0. The molecule has 0 saturated carbocycles. The molecule has 0 heterocycles. The number of hydrogen-bond acceptors (Lipinski definition) is 4. The van der Waals surface area contributed by atoms with Gasteiger partial charge < -0.3 is 18.9 Å². The summed E-state index contributed by atoms with van der Waals surface area (Å²) in [6, 6.07) is 0. The molecule has 6 heteroatoms. The Morgan fingerprint density at radius 1 is 0.469 bits per heavy atom. The molecule has 0 unspecified atom stereocenters. The van der Waals surface area contributed by atoms with E-state index in [-0.39, 0.29) is 29.7 Å². The van der Waals surface area contributed by atoms with Gasteiger partial charge in [-0.3, -0.25) is 0 Å². The molecule has 0 rings (SSSR count). The zero-order valence-electron chi connectivity index (χ0n) is 21.5. The Kier molecular flexibility index (Phi) is 30.8. The minimum absolute atomic E-state index is 0. The molecule has 0 aliphatic heterocycles. The maximum atomic E-state index is 10.3. The molecule has 0 bridgehead atoms. The monoisotopic (exact) mass is 484 g/mol. The average molecular weight is 485 g/mol. The van der Waals surface area contributed by atoms with E-state index in [0.29, 0.717) is 6.42 Å². The van der Waals surface area contributed by atoms with Gasteiger partial charge in [0.25, 0.3) is 0 Å². The molecule has 0 aromatic carbocycles. The van der Waals surface area contributed by atoms with E-state index in [0.717, 1.165) is 12.8 Å². The minimum Gasteiger partial charge on any atom is -0.790 e. The fraction of sp³-hybridized carbons (Fsp3) is 1.00. The van der Waals surface area contributed by atoms with Crippen molar-refractivity contribution in [2.75, 3.05) is 6.61 Å². The standard InChI is InChI=1S/C26H55O4P.Mg/c1-2-3-4-5-6-7-8-9-10-11-12-13-14-15-16-17-18-19-20-21-22-23-24-25-26-30-31(27,28)29;/h2-26H2,1H3,(H2,27,28,29);/q;+2/p-2. The Hall–Kier alpha value is 0.876. The van der Waals surface area contributed by atoms with Gasteiger partial charge in [0, 0.05) is 0 Å². The van der Waals surface area contributed by atoms with Crippen molar-refractivity contribution in [3.8, 4) is 0 Å². The third-order valence-electron chi connectivity index (χ3n) is 6.25. The summed E-state index contributed by atoms with van der Waals surface area (Å²) < 4.78 is 14.5. The molecule has 0 aromatic rings. The van der Waals surface area contributed by atoms with Crippen LogP contribution in [0.2, 0.25) is 0 Å². The van der Waals surface area contributed by atoms with Crippen LogP contribution in [-0.4, -0.2) is 29.7 Å². The van der Waals surface area contributed by atoms with Crippen molar-refractivity contribution in [2.45, 2.75) is 161 Å². The predicted octanol–water partition coefficient (Wildman–Crippen LogP) is 7.83.